The van der Waals surface area contributed by atoms with Crippen molar-refractivity contribution in [1.82, 2.24) is 9.88 Å². The highest BCUT2D eigenvalue weighted by Gasteiger charge is 2.21. The van der Waals surface area contributed by atoms with Gasteiger partial charge in [0.15, 0.2) is 5.13 Å². The van der Waals surface area contributed by atoms with Gasteiger partial charge >= 0.3 is 6.03 Å². The molecule has 2 amide bonds. The molecule has 5 nitrogen and oxygen atoms in total. The first kappa shape index (κ1) is 13.8. The van der Waals surface area contributed by atoms with Gasteiger partial charge in [0.1, 0.15) is 6.61 Å². The summed E-state index contributed by atoms with van der Waals surface area (Å²) < 4.78 is 0. The van der Waals surface area contributed by atoms with Gasteiger partial charge in [-0.1, -0.05) is 30.1 Å². The number of hydrogen-bond acceptors (Lipinski definition) is 4. The Morgan fingerprint density at radius 1 is 1.74 bits per heavy atom. The lowest BCUT2D eigenvalue weighted by atomic mass is 10.0. The molecule has 1 atom stereocenters. The number of aromatic nitrogens is 1. The highest BCUT2D eigenvalue weighted by Crippen LogP contribution is 2.20. The molecular weight excluding hydrogens is 262 g/mol. The third-order valence-corrected chi connectivity index (χ3v) is 3.78. The maximum atomic E-state index is 12.0. The lowest BCUT2D eigenvalue weighted by Crippen LogP contribution is -2.41. The monoisotopic (exact) mass is 279 g/mol. The zero-order valence-corrected chi connectivity index (χ0v) is 11.7. The molecule has 102 valence electrons. The Morgan fingerprint density at radius 2 is 2.58 bits per heavy atom. The second-order valence-corrected chi connectivity index (χ2v) is 5.64. The van der Waals surface area contributed by atoms with Gasteiger partial charge in [0, 0.05) is 13.1 Å². The van der Waals surface area contributed by atoms with Crippen LogP contribution in [0.2, 0.25) is 0 Å². The molecule has 2 heterocycles. The van der Waals surface area contributed by atoms with Crippen molar-refractivity contribution in [2.75, 3.05) is 25.0 Å². The van der Waals surface area contributed by atoms with Gasteiger partial charge in [-0.2, -0.15) is 0 Å². The lowest BCUT2D eigenvalue weighted by molar-refractivity contribution is 0.182. The maximum absolute atomic E-state index is 12.0. The third kappa shape index (κ3) is 3.94. The van der Waals surface area contributed by atoms with Crippen LogP contribution in [0.1, 0.15) is 24.6 Å². The Labute approximate surface area is 116 Å². The van der Waals surface area contributed by atoms with Gasteiger partial charge in [0.2, 0.25) is 0 Å². The first-order chi connectivity index (χ1) is 9.19. The smallest absolute Gasteiger partial charge is 0.323 e. The first-order valence-electron chi connectivity index (χ1n) is 6.30. The molecule has 1 fully saturated rings. The van der Waals surface area contributed by atoms with Crippen LogP contribution in [0.4, 0.5) is 9.93 Å². The number of hydrogen-bond donors (Lipinski definition) is 2. The summed E-state index contributed by atoms with van der Waals surface area (Å²) in [5.41, 5.74) is 0. The minimum atomic E-state index is -0.175. The maximum Gasteiger partial charge on any atom is 0.323 e. The predicted molar refractivity (Wildman–Crippen MR) is 75.1 cm³/mol. The van der Waals surface area contributed by atoms with Crippen LogP contribution in [0.3, 0.4) is 0 Å². The molecular formula is C13H17N3O2S. The van der Waals surface area contributed by atoms with Crippen LogP contribution < -0.4 is 5.32 Å². The summed E-state index contributed by atoms with van der Waals surface area (Å²) in [7, 11) is 0. The zero-order valence-electron chi connectivity index (χ0n) is 10.8. The van der Waals surface area contributed by atoms with Gasteiger partial charge in [-0.3, -0.25) is 5.32 Å². The van der Waals surface area contributed by atoms with Gasteiger partial charge in [0.25, 0.3) is 0 Å². The molecule has 0 radical (unpaired) electrons. The molecule has 1 saturated heterocycles. The number of thiazole rings is 1. The van der Waals surface area contributed by atoms with E-state index >= 15 is 0 Å². The number of carbonyl (C=O) groups is 1. The first-order valence-corrected chi connectivity index (χ1v) is 7.12. The van der Waals surface area contributed by atoms with Crippen LogP contribution in [0.15, 0.2) is 6.20 Å². The number of likely N-dealkylation sites (tertiary alicyclic amines) is 1. The number of anilines is 1. The van der Waals surface area contributed by atoms with Crippen molar-refractivity contribution in [1.29, 1.82) is 0 Å². The number of nitrogens with one attached hydrogen (secondary N) is 1. The number of amides is 2. The van der Waals surface area contributed by atoms with Crippen LogP contribution in [-0.4, -0.2) is 40.7 Å². The summed E-state index contributed by atoms with van der Waals surface area (Å²) in [6.45, 7) is 3.59. The van der Waals surface area contributed by atoms with E-state index in [4.69, 9.17) is 5.11 Å². The van der Waals surface area contributed by atoms with Gasteiger partial charge in [0.05, 0.1) is 11.1 Å². The largest absolute Gasteiger partial charge is 0.384 e. The molecule has 6 heteroatoms. The number of nitrogens with zero attached hydrogens (tertiary/aromatic N) is 2. The highest BCUT2D eigenvalue weighted by atomic mass is 32.1. The summed E-state index contributed by atoms with van der Waals surface area (Å²) >= 11 is 1.31. The summed E-state index contributed by atoms with van der Waals surface area (Å²) in [6, 6.07) is -0.0948. The van der Waals surface area contributed by atoms with Crippen molar-refractivity contribution in [3.63, 3.8) is 0 Å². The summed E-state index contributed by atoms with van der Waals surface area (Å²) in [6.07, 6.45) is 3.84. The Bertz CT molecular complexity index is 503. The third-order valence-electron chi connectivity index (χ3n) is 2.95. The van der Waals surface area contributed by atoms with E-state index in [1.165, 1.54) is 17.8 Å². The van der Waals surface area contributed by atoms with Gasteiger partial charge in [-0.25, -0.2) is 9.78 Å². The number of aliphatic hydroxyl groups is 1. The van der Waals surface area contributed by atoms with E-state index in [0.717, 1.165) is 24.4 Å². The van der Waals surface area contributed by atoms with Crippen molar-refractivity contribution in [3.05, 3.63) is 11.1 Å². The molecule has 1 unspecified atom stereocenters. The van der Waals surface area contributed by atoms with E-state index in [1.807, 2.05) is 4.90 Å². The van der Waals surface area contributed by atoms with Gasteiger partial charge in [-0.15, -0.1) is 0 Å². The minimum Gasteiger partial charge on any atom is -0.384 e. The topological polar surface area (TPSA) is 65.5 Å². The molecule has 2 rings (SSSR count). The number of piperidine rings is 1. The van der Waals surface area contributed by atoms with Crippen molar-refractivity contribution in [2.24, 2.45) is 5.92 Å². The molecule has 0 spiro atoms. The number of urea groups is 1. The van der Waals surface area contributed by atoms with Crippen LogP contribution in [0, 0.1) is 17.8 Å². The Morgan fingerprint density at radius 3 is 3.32 bits per heavy atom. The summed E-state index contributed by atoms with van der Waals surface area (Å²) in [4.78, 5) is 18.7. The number of aliphatic hydroxyl groups excluding tert-OH is 1. The van der Waals surface area contributed by atoms with Crippen molar-refractivity contribution >= 4 is 22.5 Å². The van der Waals surface area contributed by atoms with Crippen LogP contribution in [0.25, 0.3) is 0 Å². The average Bonchev–Trinajstić information content (AvgIpc) is 2.84. The fraction of sp³-hybridized carbons (Fsp3) is 0.538. The molecule has 19 heavy (non-hydrogen) atoms. The number of rotatable bonds is 1. The Balaban J connectivity index is 1.93. The molecule has 1 aromatic heterocycles. The van der Waals surface area contributed by atoms with Crippen molar-refractivity contribution in [2.45, 2.75) is 19.8 Å². The second kappa shape index (κ2) is 6.55. The van der Waals surface area contributed by atoms with E-state index in [2.05, 4.69) is 29.1 Å². The molecule has 0 aromatic carbocycles. The second-order valence-electron chi connectivity index (χ2n) is 4.61. The van der Waals surface area contributed by atoms with Crippen LogP contribution in [0.5, 0.6) is 0 Å². The zero-order chi connectivity index (χ0) is 13.7. The van der Waals surface area contributed by atoms with Crippen LogP contribution >= 0.6 is 11.3 Å². The van der Waals surface area contributed by atoms with E-state index in [-0.39, 0.29) is 12.6 Å². The van der Waals surface area contributed by atoms with Gasteiger partial charge in [-0.05, 0) is 18.8 Å². The molecule has 1 aromatic rings. The highest BCUT2D eigenvalue weighted by molar-refractivity contribution is 7.16. The summed E-state index contributed by atoms with van der Waals surface area (Å²) in [5, 5.41) is 11.9. The molecule has 1 aliphatic rings. The fourth-order valence-electron chi connectivity index (χ4n) is 2.06. The molecule has 0 bridgehead atoms. The Kier molecular flexibility index (Phi) is 4.77. The Hall–Kier alpha value is -1.58. The van der Waals surface area contributed by atoms with Crippen molar-refractivity contribution < 1.29 is 9.90 Å². The van der Waals surface area contributed by atoms with E-state index in [0.29, 0.717) is 11.0 Å². The summed E-state index contributed by atoms with van der Waals surface area (Å²) in [5.74, 6) is 5.88. The quantitative estimate of drug-likeness (QED) is 0.770. The van der Waals surface area contributed by atoms with E-state index in [9.17, 15) is 4.79 Å². The van der Waals surface area contributed by atoms with Crippen molar-refractivity contribution in [3.8, 4) is 11.8 Å². The fourth-order valence-corrected chi connectivity index (χ4v) is 2.74. The SMILES string of the molecule is CC1CCCN(C(=O)Nc2ncc(C#CCO)s2)C1. The molecule has 0 saturated carbocycles. The number of carbonyl (C=O) groups excluding carboxylic acids is 1. The molecule has 2 N–H and O–H groups in total. The molecule has 1 aliphatic heterocycles. The van der Waals surface area contributed by atoms with E-state index in [1.54, 1.807) is 6.20 Å². The van der Waals surface area contributed by atoms with Crippen LogP contribution in [-0.2, 0) is 0 Å². The predicted octanol–water partition coefficient (Wildman–Crippen LogP) is 1.75. The van der Waals surface area contributed by atoms with Gasteiger partial charge < -0.3 is 10.0 Å². The standard InChI is InChI=1S/C13H17N3O2S/c1-10-4-2-6-16(9-10)13(18)15-12-14-8-11(19-12)5-3-7-17/h8,10,17H,2,4,6-7,9H2,1H3,(H,14,15,18). The molecule has 0 aliphatic carbocycles. The average molecular weight is 279 g/mol. The van der Waals surface area contributed by atoms with E-state index < -0.39 is 0 Å². The normalized spacial score (nSPS) is 18.6. The lowest BCUT2D eigenvalue weighted by Gasteiger charge is -2.30. The minimum absolute atomic E-state index is 0.0948.